The molecule has 0 aliphatic rings. The summed E-state index contributed by atoms with van der Waals surface area (Å²) in [5, 5.41) is 3.14. The lowest BCUT2D eigenvalue weighted by atomic mass is 10.1. The third-order valence-corrected chi connectivity index (χ3v) is 3.95. The molecule has 0 heterocycles. The van der Waals surface area contributed by atoms with Crippen molar-refractivity contribution in [1.82, 2.24) is 10.2 Å². The van der Waals surface area contributed by atoms with Gasteiger partial charge < -0.3 is 15.0 Å². The maximum Gasteiger partial charge on any atom is 0.237 e. The average Bonchev–Trinajstić information content (AvgIpc) is 2.61. The first kappa shape index (κ1) is 21.2. The van der Waals surface area contributed by atoms with E-state index in [0.29, 0.717) is 32.8 Å². The van der Waals surface area contributed by atoms with Gasteiger partial charge in [-0.25, -0.2) is 0 Å². The Morgan fingerprint density at radius 1 is 1.04 bits per heavy atom. The molecule has 0 aromatic heterocycles. The van der Waals surface area contributed by atoms with Gasteiger partial charge in [-0.3, -0.25) is 4.79 Å². The van der Waals surface area contributed by atoms with Gasteiger partial charge in [-0.05, 0) is 23.6 Å². The number of halogens is 1. The Morgan fingerprint density at radius 2 is 1.72 bits per heavy atom. The van der Waals surface area contributed by atoms with Crippen molar-refractivity contribution in [3.8, 4) is 0 Å². The van der Waals surface area contributed by atoms with Crippen molar-refractivity contribution in [3.63, 3.8) is 0 Å². The number of aryl methyl sites for hydroxylation is 1. The molecule has 0 atom stereocenters. The highest BCUT2D eigenvalue weighted by Crippen LogP contribution is 2.13. The zero-order chi connectivity index (χ0) is 17.2. The zero-order valence-corrected chi connectivity index (χ0v) is 15.7. The Morgan fingerprint density at radius 3 is 2.40 bits per heavy atom. The lowest BCUT2D eigenvalue weighted by Crippen LogP contribution is -2.38. The molecule has 1 amide bonds. The summed E-state index contributed by atoms with van der Waals surface area (Å²) in [7, 11) is 1.66. The fourth-order valence-corrected chi connectivity index (χ4v) is 2.51. The molecule has 0 bridgehead atoms. The highest BCUT2D eigenvalue weighted by Gasteiger charge is 2.15. The van der Waals surface area contributed by atoms with E-state index >= 15 is 0 Å². The maximum absolute atomic E-state index is 12.6. The number of rotatable bonds is 9. The molecular formula is C20H27ClN2O2. The van der Waals surface area contributed by atoms with Crippen LogP contribution < -0.4 is 5.32 Å². The second kappa shape index (κ2) is 11.6. The summed E-state index contributed by atoms with van der Waals surface area (Å²) in [6.45, 7) is 4.90. The number of nitrogens with one attached hydrogen (secondary N) is 1. The van der Waals surface area contributed by atoms with Gasteiger partial charge in [0.1, 0.15) is 0 Å². The summed E-state index contributed by atoms with van der Waals surface area (Å²) in [5.74, 6) is 0.0956. The predicted molar refractivity (Wildman–Crippen MR) is 104 cm³/mol. The first-order valence-electron chi connectivity index (χ1n) is 8.26. The van der Waals surface area contributed by atoms with E-state index in [2.05, 4.69) is 36.5 Å². The molecule has 5 heteroatoms. The van der Waals surface area contributed by atoms with Crippen molar-refractivity contribution in [3.05, 3.63) is 71.3 Å². The lowest BCUT2D eigenvalue weighted by molar-refractivity contribution is -0.131. The molecule has 0 saturated carbocycles. The van der Waals surface area contributed by atoms with Gasteiger partial charge in [0.15, 0.2) is 0 Å². The molecule has 0 saturated heterocycles. The Kier molecular flexibility index (Phi) is 9.85. The standard InChI is InChI=1S/C20H26N2O2.ClH/c1-17-8-6-7-11-19(17)16-22(15-18-9-4-3-5-10-18)20(23)14-21-12-13-24-2;/h3-11,21H,12-16H2,1-2H3;1H. The fraction of sp³-hybridized carbons (Fsp3) is 0.350. The van der Waals surface area contributed by atoms with E-state index < -0.39 is 0 Å². The van der Waals surface area contributed by atoms with Crippen molar-refractivity contribution in [2.75, 3.05) is 26.8 Å². The molecule has 0 fully saturated rings. The number of amides is 1. The SMILES string of the molecule is COCCNCC(=O)N(Cc1ccccc1)Cc1ccccc1C.Cl. The summed E-state index contributed by atoms with van der Waals surface area (Å²) in [6, 6.07) is 18.3. The average molecular weight is 363 g/mol. The van der Waals surface area contributed by atoms with Crippen molar-refractivity contribution >= 4 is 18.3 Å². The number of hydrogen-bond acceptors (Lipinski definition) is 3. The lowest BCUT2D eigenvalue weighted by Gasteiger charge is -2.24. The molecule has 0 spiro atoms. The number of methoxy groups -OCH3 is 1. The molecule has 4 nitrogen and oxygen atoms in total. The molecule has 2 rings (SSSR count). The minimum Gasteiger partial charge on any atom is -0.383 e. The summed E-state index contributed by atoms with van der Waals surface area (Å²) >= 11 is 0. The van der Waals surface area contributed by atoms with E-state index in [-0.39, 0.29) is 18.3 Å². The van der Waals surface area contributed by atoms with Crippen LogP contribution in [0.5, 0.6) is 0 Å². The second-order valence-corrected chi connectivity index (χ2v) is 5.83. The van der Waals surface area contributed by atoms with Gasteiger partial charge in [-0.2, -0.15) is 0 Å². The second-order valence-electron chi connectivity index (χ2n) is 5.83. The zero-order valence-electron chi connectivity index (χ0n) is 14.9. The van der Waals surface area contributed by atoms with Crippen LogP contribution in [0.4, 0.5) is 0 Å². The number of ether oxygens (including phenoxy) is 1. The van der Waals surface area contributed by atoms with Crippen LogP contribution in [-0.2, 0) is 22.6 Å². The van der Waals surface area contributed by atoms with Crippen LogP contribution >= 0.6 is 12.4 Å². The van der Waals surface area contributed by atoms with E-state index in [1.165, 1.54) is 11.1 Å². The van der Waals surface area contributed by atoms with Crippen LogP contribution in [0.25, 0.3) is 0 Å². The van der Waals surface area contributed by atoms with Gasteiger partial charge in [-0.1, -0.05) is 54.6 Å². The van der Waals surface area contributed by atoms with Gasteiger partial charge >= 0.3 is 0 Å². The molecule has 25 heavy (non-hydrogen) atoms. The third kappa shape index (κ3) is 7.26. The first-order chi connectivity index (χ1) is 11.7. The largest absolute Gasteiger partial charge is 0.383 e. The van der Waals surface area contributed by atoms with Crippen LogP contribution in [0, 0.1) is 6.92 Å². The minimum atomic E-state index is 0. The Hall–Kier alpha value is -1.88. The third-order valence-electron chi connectivity index (χ3n) is 3.95. The molecule has 0 radical (unpaired) electrons. The summed E-state index contributed by atoms with van der Waals surface area (Å²) in [6.07, 6.45) is 0. The predicted octanol–water partition coefficient (Wildman–Crippen LogP) is 3.18. The van der Waals surface area contributed by atoms with Gasteiger partial charge in [-0.15, -0.1) is 12.4 Å². The number of nitrogens with zero attached hydrogens (tertiary/aromatic N) is 1. The molecule has 0 aliphatic heterocycles. The fourth-order valence-electron chi connectivity index (χ4n) is 2.51. The number of hydrogen-bond donors (Lipinski definition) is 1. The van der Waals surface area contributed by atoms with Crippen molar-refractivity contribution in [1.29, 1.82) is 0 Å². The minimum absolute atomic E-state index is 0. The van der Waals surface area contributed by atoms with Crippen LogP contribution in [0.3, 0.4) is 0 Å². The highest BCUT2D eigenvalue weighted by atomic mass is 35.5. The maximum atomic E-state index is 12.6. The van der Waals surface area contributed by atoms with Gasteiger partial charge in [0.2, 0.25) is 5.91 Å². The summed E-state index contributed by atoms with van der Waals surface area (Å²) in [4.78, 5) is 14.5. The summed E-state index contributed by atoms with van der Waals surface area (Å²) < 4.78 is 5.00. The van der Waals surface area contributed by atoms with Crippen LogP contribution in [0.2, 0.25) is 0 Å². The number of carbonyl (C=O) groups excluding carboxylic acids is 1. The van der Waals surface area contributed by atoms with E-state index in [0.717, 1.165) is 5.56 Å². The Balaban J connectivity index is 0.00000312. The van der Waals surface area contributed by atoms with Crippen molar-refractivity contribution in [2.24, 2.45) is 0 Å². The smallest absolute Gasteiger partial charge is 0.237 e. The monoisotopic (exact) mass is 362 g/mol. The van der Waals surface area contributed by atoms with Crippen molar-refractivity contribution < 1.29 is 9.53 Å². The molecule has 0 unspecified atom stereocenters. The molecule has 136 valence electrons. The molecular weight excluding hydrogens is 336 g/mol. The normalized spacial score (nSPS) is 10.2. The quantitative estimate of drug-likeness (QED) is 0.696. The summed E-state index contributed by atoms with van der Waals surface area (Å²) in [5.41, 5.74) is 3.52. The van der Waals surface area contributed by atoms with Crippen molar-refractivity contribution in [2.45, 2.75) is 20.0 Å². The van der Waals surface area contributed by atoms with E-state index in [1.54, 1.807) is 7.11 Å². The van der Waals surface area contributed by atoms with E-state index in [1.807, 2.05) is 35.2 Å². The molecule has 0 aliphatic carbocycles. The molecule has 2 aromatic rings. The first-order valence-corrected chi connectivity index (χ1v) is 8.26. The number of carbonyl (C=O) groups is 1. The Bertz CT molecular complexity index is 635. The Labute approximate surface area is 156 Å². The topological polar surface area (TPSA) is 41.6 Å². The van der Waals surface area contributed by atoms with Crippen LogP contribution in [0.1, 0.15) is 16.7 Å². The van der Waals surface area contributed by atoms with Gasteiger partial charge in [0, 0.05) is 26.7 Å². The van der Waals surface area contributed by atoms with E-state index in [4.69, 9.17) is 4.74 Å². The highest BCUT2D eigenvalue weighted by molar-refractivity contribution is 5.85. The number of benzene rings is 2. The van der Waals surface area contributed by atoms with Crippen LogP contribution in [0.15, 0.2) is 54.6 Å². The van der Waals surface area contributed by atoms with Gasteiger partial charge in [0.05, 0.1) is 13.2 Å². The molecule has 1 N–H and O–H groups in total. The molecule has 2 aromatic carbocycles. The van der Waals surface area contributed by atoms with Gasteiger partial charge in [0.25, 0.3) is 0 Å². The van der Waals surface area contributed by atoms with E-state index in [9.17, 15) is 4.79 Å². The van der Waals surface area contributed by atoms with Crippen LogP contribution in [-0.4, -0.2) is 37.6 Å².